The first-order valence-electron chi connectivity index (χ1n) is 7.27. The number of benzene rings is 1. The van der Waals surface area contributed by atoms with Crippen molar-refractivity contribution in [1.29, 1.82) is 0 Å². The molecule has 1 heterocycles. The zero-order valence-corrected chi connectivity index (χ0v) is 14.4. The van der Waals surface area contributed by atoms with Gasteiger partial charge in [0.1, 0.15) is 5.76 Å². The molecular formula is C17H24N2OS. The molecule has 21 heavy (non-hydrogen) atoms. The van der Waals surface area contributed by atoms with E-state index < -0.39 is 0 Å². The molecule has 0 spiro atoms. The van der Waals surface area contributed by atoms with Crippen molar-refractivity contribution in [2.45, 2.75) is 39.1 Å². The van der Waals surface area contributed by atoms with Gasteiger partial charge < -0.3 is 9.42 Å². The minimum Gasteiger partial charge on any atom is -0.361 e. The first kappa shape index (κ1) is 16.1. The van der Waals surface area contributed by atoms with Gasteiger partial charge in [0, 0.05) is 29.3 Å². The van der Waals surface area contributed by atoms with Crippen molar-refractivity contribution in [1.82, 2.24) is 10.1 Å². The second-order valence-electron chi connectivity index (χ2n) is 5.64. The van der Waals surface area contributed by atoms with Crippen LogP contribution >= 0.6 is 11.8 Å². The standard InChI is InChI=1S/C17H24N2OS/c1-12-6-7-16(10-13(12)2)21-9-8-19(5)11-17-14(3)18-20-15(17)4/h6-7,10H,8-9,11H2,1-5H3. The molecule has 3 nitrogen and oxygen atoms in total. The topological polar surface area (TPSA) is 29.3 Å². The number of nitrogens with zero attached hydrogens (tertiary/aromatic N) is 2. The maximum atomic E-state index is 5.21. The highest BCUT2D eigenvalue weighted by Gasteiger charge is 2.11. The van der Waals surface area contributed by atoms with E-state index in [-0.39, 0.29) is 0 Å². The van der Waals surface area contributed by atoms with Crippen molar-refractivity contribution >= 4 is 11.8 Å². The molecule has 2 rings (SSSR count). The minimum absolute atomic E-state index is 0.897. The Balaban J connectivity index is 1.81. The molecule has 0 unspecified atom stereocenters. The molecule has 0 fully saturated rings. The van der Waals surface area contributed by atoms with Crippen molar-refractivity contribution in [2.75, 3.05) is 19.3 Å². The van der Waals surface area contributed by atoms with E-state index in [2.05, 4.69) is 49.2 Å². The Kier molecular flexibility index (Phi) is 5.48. The highest BCUT2D eigenvalue weighted by Crippen LogP contribution is 2.21. The fraction of sp³-hybridized carbons (Fsp3) is 0.471. The first-order valence-corrected chi connectivity index (χ1v) is 8.26. The van der Waals surface area contributed by atoms with Crippen molar-refractivity contribution in [3.63, 3.8) is 0 Å². The Morgan fingerprint density at radius 1 is 1.14 bits per heavy atom. The minimum atomic E-state index is 0.897. The van der Waals surface area contributed by atoms with Gasteiger partial charge in [0.05, 0.1) is 5.69 Å². The van der Waals surface area contributed by atoms with Gasteiger partial charge in [-0.1, -0.05) is 11.2 Å². The van der Waals surface area contributed by atoms with Crippen molar-refractivity contribution in [3.05, 3.63) is 46.3 Å². The van der Waals surface area contributed by atoms with Crippen LogP contribution in [-0.2, 0) is 6.54 Å². The molecule has 0 amide bonds. The summed E-state index contributed by atoms with van der Waals surface area (Å²) >= 11 is 1.91. The Bertz CT molecular complexity index is 587. The van der Waals surface area contributed by atoms with Gasteiger partial charge in [0.15, 0.2) is 0 Å². The normalized spacial score (nSPS) is 11.3. The summed E-state index contributed by atoms with van der Waals surface area (Å²) < 4.78 is 5.21. The zero-order chi connectivity index (χ0) is 15.4. The predicted molar refractivity (Wildman–Crippen MR) is 89.0 cm³/mol. The molecule has 0 saturated heterocycles. The van der Waals surface area contributed by atoms with Gasteiger partial charge in [0.25, 0.3) is 0 Å². The lowest BCUT2D eigenvalue weighted by Gasteiger charge is -2.16. The molecule has 4 heteroatoms. The fourth-order valence-electron chi connectivity index (χ4n) is 2.20. The Hall–Kier alpha value is -1.26. The number of rotatable bonds is 6. The third-order valence-corrected chi connectivity index (χ3v) is 4.80. The van der Waals surface area contributed by atoms with Crippen molar-refractivity contribution < 1.29 is 4.52 Å². The second-order valence-corrected chi connectivity index (χ2v) is 6.80. The second kappa shape index (κ2) is 7.14. The van der Waals surface area contributed by atoms with E-state index in [1.165, 1.54) is 21.6 Å². The largest absolute Gasteiger partial charge is 0.361 e. The van der Waals surface area contributed by atoms with E-state index in [9.17, 15) is 0 Å². The number of thioether (sulfide) groups is 1. The van der Waals surface area contributed by atoms with Crippen LogP contribution in [-0.4, -0.2) is 29.4 Å². The summed E-state index contributed by atoms with van der Waals surface area (Å²) in [6.45, 7) is 10.2. The fourth-order valence-corrected chi connectivity index (χ4v) is 3.26. The Labute approximate surface area is 131 Å². The molecule has 114 valence electrons. The van der Waals surface area contributed by atoms with Gasteiger partial charge in [-0.05, 0) is 58.0 Å². The van der Waals surface area contributed by atoms with Crippen LogP contribution in [0.1, 0.15) is 28.1 Å². The summed E-state index contributed by atoms with van der Waals surface area (Å²) in [5.74, 6) is 2.02. The third kappa shape index (κ3) is 4.35. The van der Waals surface area contributed by atoms with Crippen LogP contribution in [0.3, 0.4) is 0 Å². The maximum Gasteiger partial charge on any atom is 0.138 e. The lowest BCUT2D eigenvalue weighted by molar-refractivity contribution is 0.342. The van der Waals surface area contributed by atoms with Gasteiger partial charge >= 0.3 is 0 Å². The molecule has 2 aromatic rings. The quantitative estimate of drug-likeness (QED) is 0.750. The van der Waals surface area contributed by atoms with Crippen molar-refractivity contribution in [2.24, 2.45) is 0 Å². The smallest absolute Gasteiger partial charge is 0.138 e. The third-order valence-electron chi connectivity index (χ3n) is 3.83. The molecule has 1 aromatic carbocycles. The summed E-state index contributed by atoms with van der Waals surface area (Å²) in [5.41, 5.74) is 4.94. The van der Waals surface area contributed by atoms with Crippen LogP contribution in [0, 0.1) is 27.7 Å². The average Bonchev–Trinajstić information content (AvgIpc) is 2.75. The lowest BCUT2D eigenvalue weighted by Crippen LogP contribution is -2.21. The molecular weight excluding hydrogens is 280 g/mol. The van der Waals surface area contributed by atoms with Crippen LogP contribution < -0.4 is 0 Å². The first-order chi connectivity index (χ1) is 9.97. The molecule has 0 aliphatic rings. The lowest BCUT2D eigenvalue weighted by atomic mass is 10.1. The van der Waals surface area contributed by atoms with Gasteiger partial charge in [-0.2, -0.15) is 0 Å². The monoisotopic (exact) mass is 304 g/mol. The van der Waals surface area contributed by atoms with E-state index in [0.29, 0.717) is 0 Å². The van der Waals surface area contributed by atoms with Crippen molar-refractivity contribution in [3.8, 4) is 0 Å². The number of hydrogen-bond donors (Lipinski definition) is 0. The van der Waals surface area contributed by atoms with E-state index in [1.54, 1.807) is 0 Å². The number of aryl methyl sites for hydroxylation is 4. The molecule has 0 N–H and O–H groups in total. The molecule has 0 aliphatic carbocycles. The van der Waals surface area contributed by atoms with Crippen LogP contribution in [0.5, 0.6) is 0 Å². The number of hydrogen-bond acceptors (Lipinski definition) is 4. The summed E-state index contributed by atoms with van der Waals surface area (Å²) in [4.78, 5) is 3.67. The molecule has 0 aliphatic heterocycles. The maximum absolute atomic E-state index is 5.21. The van der Waals surface area contributed by atoms with Gasteiger partial charge in [0.2, 0.25) is 0 Å². The van der Waals surface area contributed by atoms with Crippen LogP contribution in [0.15, 0.2) is 27.6 Å². The molecule has 0 saturated carbocycles. The van der Waals surface area contributed by atoms with E-state index in [4.69, 9.17) is 4.52 Å². The van der Waals surface area contributed by atoms with Gasteiger partial charge in [-0.25, -0.2) is 0 Å². The van der Waals surface area contributed by atoms with E-state index in [1.807, 2.05) is 25.6 Å². The Morgan fingerprint density at radius 3 is 2.52 bits per heavy atom. The van der Waals surface area contributed by atoms with E-state index >= 15 is 0 Å². The predicted octanol–water partition coefficient (Wildman–Crippen LogP) is 4.13. The van der Waals surface area contributed by atoms with Gasteiger partial charge in [-0.15, -0.1) is 11.8 Å². The average molecular weight is 304 g/mol. The zero-order valence-electron chi connectivity index (χ0n) is 13.6. The number of aromatic nitrogens is 1. The summed E-state index contributed by atoms with van der Waals surface area (Å²) in [6, 6.07) is 6.68. The summed E-state index contributed by atoms with van der Waals surface area (Å²) in [7, 11) is 2.15. The molecule has 0 bridgehead atoms. The van der Waals surface area contributed by atoms with E-state index in [0.717, 1.165) is 30.3 Å². The highest BCUT2D eigenvalue weighted by molar-refractivity contribution is 7.99. The Morgan fingerprint density at radius 2 is 1.90 bits per heavy atom. The summed E-state index contributed by atoms with van der Waals surface area (Å²) in [5, 5.41) is 4.01. The molecule has 0 radical (unpaired) electrons. The highest BCUT2D eigenvalue weighted by atomic mass is 32.2. The van der Waals surface area contributed by atoms with Crippen LogP contribution in [0.25, 0.3) is 0 Å². The molecule has 0 atom stereocenters. The SMILES string of the molecule is Cc1ccc(SCCN(C)Cc2c(C)noc2C)cc1C. The van der Waals surface area contributed by atoms with Crippen LogP contribution in [0.4, 0.5) is 0 Å². The van der Waals surface area contributed by atoms with Gasteiger partial charge in [-0.3, -0.25) is 0 Å². The summed E-state index contributed by atoms with van der Waals surface area (Å²) in [6.07, 6.45) is 0. The molecule has 1 aromatic heterocycles. The van der Waals surface area contributed by atoms with Crippen LogP contribution in [0.2, 0.25) is 0 Å².